The highest BCUT2D eigenvalue weighted by Crippen LogP contribution is 2.46. The second-order valence-electron chi connectivity index (χ2n) is 15.0. The number of rotatable bonds is 7. The number of aryl methyl sites for hydroxylation is 9. The molecule has 0 amide bonds. The summed E-state index contributed by atoms with van der Waals surface area (Å²) in [5.41, 5.74) is 18.9. The van der Waals surface area contributed by atoms with Crippen molar-refractivity contribution in [3.8, 4) is 22.4 Å². The van der Waals surface area contributed by atoms with Gasteiger partial charge in [-0.1, -0.05) is 117 Å². The predicted octanol–water partition coefficient (Wildman–Crippen LogP) is 12.7. The van der Waals surface area contributed by atoms with E-state index in [0.717, 1.165) is 94.7 Å². The first-order valence-electron chi connectivity index (χ1n) is 18.2. The minimum Gasteiger partial charge on any atom is -0.324 e. The zero-order valence-electron chi connectivity index (χ0n) is 32.1. The van der Waals surface area contributed by atoms with Gasteiger partial charge in [-0.15, -0.1) is 0 Å². The number of allylic oxidation sites excluding steroid dienone is 2. The summed E-state index contributed by atoms with van der Waals surface area (Å²) in [7, 11) is -2.84. The van der Waals surface area contributed by atoms with Crippen molar-refractivity contribution >= 4 is 24.3 Å². The van der Waals surface area contributed by atoms with Gasteiger partial charge in [0, 0.05) is 28.0 Å². The standard InChI is InChI=1S/C48H45BF2N2/c1-28-14-29(2)19-37(18-28)42-26-44(39-22-32(5)16-33(6)23-39)52-47(42)46(41-13-11-10-12-36(41)9)48-43(38-20-30(3)15-31(4)21-38)27-45(53(48)49(50)51)40-24-34(7)17-35(8)25-40/h10-27H,1-9H3/b47-46-. The second kappa shape index (κ2) is 14.1. The van der Waals surface area contributed by atoms with Crippen molar-refractivity contribution in [1.29, 1.82) is 0 Å². The van der Waals surface area contributed by atoms with Crippen LogP contribution in [-0.2, 0) is 0 Å². The Labute approximate surface area is 313 Å². The van der Waals surface area contributed by atoms with E-state index in [-0.39, 0.29) is 0 Å². The number of aliphatic imine (C=N–C) groups is 1. The van der Waals surface area contributed by atoms with Crippen LogP contribution in [0.25, 0.3) is 33.5 Å². The quantitative estimate of drug-likeness (QED) is 0.148. The Morgan fingerprint density at radius 3 is 1.47 bits per heavy atom. The van der Waals surface area contributed by atoms with E-state index in [2.05, 4.69) is 121 Å². The van der Waals surface area contributed by atoms with Crippen LogP contribution >= 0.6 is 0 Å². The molecule has 0 fully saturated rings. The van der Waals surface area contributed by atoms with E-state index >= 15 is 8.63 Å². The Bertz CT molecular complexity index is 2450. The van der Waals surface area contributed by atoms with Gasteiger partial charge in [0.2, 0.25) is 0 Å². The SMILES string of the molecule is Cc1cc(C)cc(C2=CC(c3cc(C)cc(C)c3)=N/C2=C(/c2ccccc2C)c2c(-c3cc(C)cc(C)c3)cc(-c3cc(C)cc(C)c3)n2B(F)F)c1. The molecule has 0 spiro atoms. The smallest absolute Gasteiger partial charge is 0.324 e. The van der Waals surface area contributed by atoms with Gasteiger partial charge in [-0.25, -0.2) is 4.99 Å². The molecule has 0 saturated carbocycles. The largest absolute Gasteiger partial charge is 0.678 e. The van der Waals surface area contributed by atoms with Gasteiger partial charge in [0.05, 0.1) is 17.1 Å². The molecule has 2 nitrogen and oxygen atoms in total. The third kappa shape index (κ3) is 7.13. The number of benzene rings is 5. The summed E-state index contributed by atoms with van der Waals surface area (Å²) in [6.07, 6.45) is 2.15. The average molecular weight is 699 g/mol. The van der Waals surface area contributed by atoms with Gasteiger partial charge in [-0.05, 0) is 127 Å². The van der Waals surface area contributed by atoms with Crippen LogP contribution < -0.4 is 0 Å². The first-order valence-corrected chi connectivity index (χ1v) is 18.2. The van der Waals surface area contributed by atoms with E-state index in [1.807, 2.05) is 50.2 Å². The van der Waals surface area contributed by atoms with Gasteiger partial charge in [-0.2, -0.15) is 0 Å². The van der Waals surface area contributed by atoms with Crippen molar-refractivity contribution in [2.75, 3.05) is 0 Å². The lowest BCUT2D eigenvalue weighted by atomic mass is 9.87. The minimum atomic E-state index is -2.84. The van der Waals surface area contributed by atoms with E-state index in [0.29, 0.717) is 22.7 Å². The van der Waals surface area contributed by atoms with E-state index < -0.39 is 7.40 Å². The lowest BCUT2D eigenvalue weighted by Crippen LogP contribution is -2.18. The third-order valence-corrected chi connectivity index (χ3v) is 9.99. The molecule has 5 aromatic carbocycles. The monoisotopic (exact) mass is 698 g/mol. The van der Waals surface area contributed by atoms with Crippen molar-refractivity contribution in [3.63, 3.8) is 0 Å². The number of hydrogen-bond donors (Lipinski definition) is 0. The van der Waals surface area contributed by atoms with E-state index in [1.54, 1.807) is 0 Å². The molecule has 1 aliphatic rings. The highest BCUT2D eigenvalue weighted by Gasteiger charge is 2.34. The zero-order chi connectivity index (χ0) is 37.7. The predicted molar refractivity (Wildman–Crippen MR) is 221 cm³/mol. The van der Waals surface area contributed by atoms with E-state index in [9.17, 15) is 0 Å². The Morgan fingerprint density at radius 2 is 0.981 bits per heavy atom. The normalized spacial score (nSPS) is 13.6. The van der Waals surface area contributed by atoms with Crippen molar-refractivity contribution in [2.24, 2.45) is 4.99 Å². The summed E-state index contributed by atoms with van der Waals surface area (Å²) < 4.78 is 33.6. The summed E-state index contributed by atoms with van der Waals surface area (Å²) in [5.74, 6) is 0. The molecule has 0 bridgehead atoms. The van der Waals surface area contributed by atoms with E-state index in [1.165, 1.54) is 4.48 Å². The highest BCUT2D eigenvalue weighted by molar-refractivity contribution is 6.42. The molecule has 7 rings (SSSR count). The van der Waals surface area contributed by atoms with Gasteiger partial charge in [0.25, 0.3) is 0 Å². The molecule has 0 unspecified atom stereocenters. The molecule has 0 saturated heterocycles. The Balaban J connectivity index is 1.69. The van der Waals surface area contributed by atoms with Crippen molar-refractivity contribution in [3.05, 3.63) is 187 Å². The Morgan fingerprint density at radius 1 is 0.528 bits per heavy atom. The summed E-state index contributed by atoms with van der Waals surface area (Å²) in [6.45, 7) is 18.6. The number of hydrogen-bond acceptors (Lipinski definition) is 1. The fourth-order valence-corrected chi connectivity index (χ4v) is 8.13. The molecule has 5 heteroatoms. The summed E-state index contributed by atoms with van der Waals surface area (Å²) in [6, 6.07) is 35.4. The van der Waals surface area contributed by atoms with Gasteiger partial charge in [-0.3, -0.25) is 8.63 Å². The molecular formula is C48H45BF2N2. The molecule has 0 aliphatic carbocycles. The van der Waals surface area contributed by atoms with Gasteiger partial charge in [0.15, 0.2) is 0 Å². The molecule has 2 heterocycles. The molecule has 0 radical (unpaired) electrons. The number of halogens is 2. The maximum absolute atomic E-state index is 16.2. The topological polar surface area (TPSA) is 17.3 Å². The summed E-state index contributed by atoms with van der Waals surface area (Å²) in [4.78, 5) is 5.48. The maximum atomic E-state index is 16.2. The maximum Gasteiger partial charge on any atom is 0.678 e. The second-order valence-corrected chi connectivity index (χ2v) is 15.0. The molecule has 1 aliphatic heterocycles. The van der Waals surface area contributed by atoms with Gasteiger partial charge >= 0.3 is 7.40 Å². The molecule has 1 aromatic heterocycles. The van der Waals surface area contributed by atoms with Crippen LogP contribution in [0.3, 0.4) is 0 Å². The van der Waals surface area contributed by atoms with Crippen LogP contribution in [0.15, 0.2) is 120 Å². The molecule has 6 aromatic rings. The molecule has 53 heavy (non-hydrogen) atoms. The van der Waals surface area contributed by atoms with Crippen LogP contribution in [-0.4, -0.2) is 17.6 Å². The lowest BCUT2D eigenvalue weighted by Gasteiger charge is -2.21. The minimum absolute atomic E-state index is 0.448. The Kier molecular flexibility index (Phi) is 9.55. The molecule has 264 valence electrons. The van der Waals surface area contributed by atoms with Gasteiger partial charge in [0.1, 0.15) is 0 Å². The number of aromatic nitrogens is 1. The van der Waals surface area contributed by atoms with Crippen LogP contribution in [0.4, 0.5) is 8.63 Å². The van der Waals surface area contributed by atoms with Crippen LogP contribution in [0.1, 0.15) is 72.5 Å². The van der Waals surface area contributed by atoms with Crippen molar-refractivity contribution in [2.45, 2.75) is 62.3 Å². The third-order valence-electron chi connectivity index (χ3n) is 9.99. The van der Waals surface area contributed by atoms with Crippen LogP contribution in [0.2, 0.25) is 0 Å². The summed E-state index contributed by atoms with van der Waals surface area (Å²) in [5, 5.41) is 0. The first-order chi connectivity index (χ1) is 25.2. The Hall–Kier alpha value is -5.55. The first kappa shape index (κ1) is 35.8. The fraction of sp³-hybridized carbons (Fsp3) is 0.188. The lowest BCUT2D eigenvalue weighted by molar-refractivity contribution is 0.630. The van der Waals surface area contributed by atoms with E-state index in [4.69, 9.17) is 4.99 Å². The van der Waals surface area contributed by atoms with Crippen LogP contribution in [0, 0.1) is 62.3 Å². The number of nitrogens with zero attached hydrogens (tertiary/aromatic N) is 2. The molecular weight excluding hydrogens is 653 g/mol. The van der Waals surface area contributed by atoms with Gasteiger partial charge < -0.3 is 4.48 Å². The average Bonchev–Trinajstić information content (AvgIpc) is 3.68. The van der Waals surface area contributed by atoms with Crippen molar-refractivity contribution in [1.82, 2.24) is 4.48 Å². The highest BCUT2D eigenvalue weighted by atomic mass is 19.2. The van der Waals surface area contributed by atoms with Crippen molar-refractivity contribution < 1.29 is 8.63 Å². The fourth-order valence-electron chi connectivity index (χ4n) is 8.13. The zero-order valence-corrected chi connectivity index (χ0v) is 32.1. The molecule has 0 N–H and O–H groups in total. The summed E-state index contributed by atoms with van der Waals surface area (Å²) >= 11 is 0. The molecule has 0 atom stereocenters. The van der Waals surface area contributed by atoms with Crippen LogP contribution in [0.5, 0.6) is 0 Å².